The van der Waals surface area contributed by atoms with Gasteiger partial charge < -0.3 is 4.74 Å². The number of nitrogens with zero attached hydrogens (tertiary/aromatic N) is 1. The maximum Gasteiger partial charge on any atom is 0.182 e. The Hall–Kier alpha value is -0.920. The second kappa shape index (κ2) is 6.06. The summed E-state index contributed by atoms with van der Waals surface area (Å²) >= 11 is 0. The molecule has 6 heteroatoms. The van der Waals surface area contributed by atoms with E-state index in [1.165, 1.54) is 6.26 Å². The summed E-state index contributed by atoms with van der Waals surface area (Å²) in [5, 5.41) is 0. The van der Waals surface area contributed by atoms with Crippen LogP contribution >= 0.6 is 10.6 Å². The smallest absolute Gasteiger partial charge is 0.182 e. The lowest BCUT2D eigenvalue weighted by atomic mass is 9.91. The predicted octanol–water partition coefficient (Wildman–Crippen LogP) is 2.72. The van der Waals surface area contributed by atoms with Crippen LogP contribution in [0.1, 0.15) is 24.2 Å². The van der Waals surface area contributed by atoms with Crippen LogP contribution in [0.25, 0.3) is 0 Å². The molecule has 0 aliphatic carbocycles. The summed E-state index contributed by atoms with van der Waals surface area (Å²) in [6, 6.07) is 6.55. The van der Waals surface area contributed by atoms with Gasteiger partial charge >= 0.3 is 0 Å². The normalized spacial score (nSPS) is 18.5. The van der Waals surface area contributed by atoms with Crippen molar-refractivity contribution >= 4 is 16.4 Å². The second-order valence-corrected chi connectivity index (χ2v) is 7.98. The molecule has 0 spiro atoms. The SMILES string of the molecule is CC(C)(C(=O)c1ccc(S(C)(O)O)cc1)N1CCOCC1. The molecule has 1 aromatic carbocycles. The van der Waals surface area contributed by atoms with Crippen molar-refractivity contribution < 1.29 is 18.6 Å². The average Bonchev–Trinajstić information content (AvgIpc) is 2.46. The fourth-order valence-corrected chi connectivity index (χ4v) is 3.13. The third-order valence-corrected chi connectivity index (χ3v) is 5.09. The Morgan fingerprint density at radius 1 is 1.19 bits per heavy atom. The first-order valence-corrected chi connectivity index (χ1v) is 8.89. The minimum absolute atomic E-state index is 0.0310. The number of morpholine rings is 1. The molecule has 0 radical (unpaired) electrons. The molecule has 2 rings (SSSR count). The van der Waals surface area contributed by atoms with Crippen molar-refractivity contribution in [2.75, 3.05) is 32.6 Å². The predicted molar refractivity (Wildman–Crippen MR) is 84.3 cm³/mol. The van der Waals surface area contributed by atoms with E-state index >= 15 is 0 Å². The summed E-state index contributed by atoms with van der Waals surface area (Å²) < 4.78 is 24.6. The van der Waals surface area contributed by atoms with Crippen LogP contribution in [0.3, 0.4) is 0 Å². The van der Waals surface area contributed by atoms with Gasteiger partial charge in [0.15, 0.2) is 5.78 Å². The third-order valence-electron chi connectivity index (χ3n) is 3.92. The third kappa shape index (κ3) is 3.64. The molecule has 2 N–H and O–H groups in total. The van der Waals surface area contributed by atoms with Gasteiger partial charge in [0, 0.05) is 24.9 Å². The summed E-state index contributed by atoms with van der Waals surface area (Å²) in [5.41, 5.74) is -0.0150. The molecule has 5 nitrogen and oxygen atoms in total. The molecule has 0 amide bonds. The highest BCUT2D eigenvalue weighted by Crippen LogP contribution is 2.43. The van der Waals surface area contributed by atoms with Crippen molar-refractivity contribution in [2.45, 2.75) is 24.3 Å². The van der Waals surface area contributed by atoms with Gasteiger partial charge in [-0.3, -0.25) is 18.8 Å². The van der Waals surface area contributed by atoms with E-state index in [1.54, 1.807) is 24.3 Å². The molecule has 0 atom stereocenters. The van der Waals surface area contributed by atoms with Gasteiger partial charge in [0.05, 0.1) is 23.6 Å². The summed E-state index contributed by atoms with van der Waals surface area (Å²) in [6.45, 7) is 6.61. The van der Waals surface area contributed by atoms with E-state index in [4.69, 9.17) is 4.74 Å². The molecule has 0 unspecified atom stereocenters. The molecule has 0 aromatic heterocycles. The lowest BCUT2D eigenvalue weighted by molar-refractivity contribution is -0.00430. The maximum absolute atomic E-state index is 12.7. The molecular weight excluding hydrogens is 290 g/mol. The minimum Gasteiger partial charge on any atom is -0.379 e. The molecule has 1 fully saturated rings. The highest BCUT2D eigenvalue weighted by atomic mass is 32.3. The summed E-state index contributed by atoms with van der Waals surface area (Å²) in [4.78, 5) is 15.3. The number of rotatable bonds is 4. The zero-order valence-electron chi connectivity index (χ0n) is 12.7. The summed E-state index contributed by atoms with van der Waals surface area (Å²) in [6.07, 6.45) is 1.38. The van der Waals surface area contributed by atoms with E-state index in [0.29, 0.717) is 23.7 Å². The van der Waals surface area contributed by atoms with Crippen LogP contribution in [0.4, 0.5) is 0 Å². The Bertz CT molecular complexity index is 501. The first kappa shape index (κ1) is 16.5. The molecule has 21 heavy (non-hydrogen) atoms. The highest BCUT2D eigenvalue weighted by molar-refractivity contribution is 8.23. The highest BCUT2D eigenvalue weighted by Gasteiger charge is 2.35. The molecule has 1 heterocycles. The fraction of sp³-hybridized carbons (Fsp3) is 0.533. The lowest BCUT2D eigenvalue weighted by Gasteiger charge is -2.39. The van der Waals surface area contributed by atoms with Crippen LogP contribution in [0.15, 0.2) is 29.2 Å². The van der Waals surface area contributed by atoms with Crippen molar-refractivity contribution in [1.29, 1.82) is 0 Å². The van der Waals surface area contributed by atoms with Crippen molar-refractivity contribution in [3.8, 4) is 0 Å². The van der Waals surface area contributed by atoms with E-state index in [2.05, 4.69) is 4.90 Å². The average molecular weight is 313 g/mol. The zero-order valence-corrected chi connectivity index (χ0v) is 13.5. The molecular formula is C15H23NO4S. The molecule has 0 saturated carbocycles. The van der Waals surface area contributed by atoms with Crippen LogP contribution in [-0.4, -0.2) is 57.9 Å². The molecule has 1 aliphatic rings. The quantitative estimate of drug-likeness (QED) is 0.836. The Morgan fingerprint density at radius 3 is 2.19 bits per heavy atom. The first-order valence-electron chi connectivity index (χ1n) is 6.94. The molecule has 1 aliphatic heterocycles. The number of hydrogen-bond acceptors (Lipinski definition) is 5. The van der Waals surface area contributed by atoms with Crippen LogP contribution in [0, 0.1) is 0 Å². The van der Waals surface area contributed by atoms with Gasteiger partial charge in [-0.25, -0.2) is 0 Å². The van der Waals surface area contributed by atoms with E-state index in [0.717, 1.165) is 13.1 Å². The number of ether oxygens (including phenoxy) is 1. The van der Waals surface area contributed by atoms with E-state index in [1.807, 2.05) is 13.8 Å². The van der Waals surface area contributed by atoms with Crippen molar-refractivity contribution in [1.82, 2.24) is 4.90 Å². The zero-order chi connectivity index (χ0) is 15.7. The van der Waals surface area contributed by atoms with Crippen LogP contribution in [0.5, 0.6) is 0 Å². The molecule has 1 aromatic rings. The van der Waals surface area contributed by atoms with Gasteiger partial charge in [-0.05, 0) is 38.1 Å². The number of carbonyl (C=O) groups excluding carboxylic acids is 1. The van der Waals surface area contributed by atoms with Gasteiger partial charge in [0.1, 0.15) is 0 Å². The van der Waals surface area contributed by atoms with Crippen molar-refractivity contribution in [3.63, 3.8) is 0 Å². The van der Waals surface area contributed by atoms with E-state index in [9.17, 15) is 13.9 Å². The van der Waals surface area contributed by atoms with Gasteiger partial charge in [0.2, 0.25) is 0 Å². The van der Waals surface area contributed by atoms with Gasteiger partial charge in [0.25, 0.3) is 0 Å². The van der Waals surface area contributed by atoms with E-state index in [-0.39, 0.29) is 5.78 Å². The van der Waals surface area contributed by atoms with Crippen molar-refractivity contribution in [2.24, 2.45) is 0 Å². The van der Waals surface area contributed by atoms with Crippen LogP contribution in [0.2, 0.25) is 0 Å². The maximum atomic E-state index is 12.7. The number of Topliss-reactive ketones (excluding diaryl/α,β-unsaturated/α-hetero) is 1. The van der Waals surface area contributed by atoms with Crippen molar-refractivity contribution in [3.05, 3.63) is 29.8 Å². The largest absolute Gasteiger partial charge is 0.379 e. The molecule has 1 saturated heterocycles. The molecule has 118 valence electrons. The number of hydrogen-bond donors (Lipinski definition) is 2. The standard InChI is InChI=1S/C15H23NO4S/c1-15(2,16-8-10-20-11-9-16)14(17)12-4-6-13(7-5-12)21(3,18)19/h4-7,18-19H,8-11H2,1-3H3. The fourth-order valence-electron chi connectivity index (χ4n) is 2.48. The van der Waals surface area contributed by atoms with Crippen LogP contribution in [-0.2, 0) is 4.74 Å². The summed E-state index contributed by atoms with van der Waals surface area (Å²) in [7, 11) is -2.74. The Kier molecular flexibility index (Phi) is 4.75. The number of benzene rings is 1. The summed E-state index contributed by atoms with van der Waals surface area (Å²) in [5.74, 6) is 0.0310. The van der Waals surface area contributed by atoms with Gasteiger partial charge in [-0.2, -0.15) is 10.6 Å². The number of carbonyl (C=O) groups is 1. The second-order valence-electron chi connectivity index (χ2n) is 5.85. The Balaban J connectivity index is 2.18. The van der Waals surface area contributed by atoms with Gasteiger partial charge in [-0.1, -0.05) is 0 Å². The van der Waals surface area contributed by atoms with E-state index < -0.39 is 16.1 Å². The lowest BCUT2D eigenvalue weighted by Crippen LogP contribution is -2.54. The topological polar surface area (TPSA) is 70.0 Å². The Labute approximate surface area is 127 Å². The monoisotopic (exact) mass is 313 g/mol. The van der Waals surface area contributed by atoms with Crippen LogP contribution < -0.4 is 0 Å². The first-order chi connectivity index (χ1) is 9.73. The molecule has 0 bridgehead atoms. The van der Waals surface area contributed by atoms with Gasteiger partial charge in [-0.15, -0.1) is 0 Å². The Morgan fingerprint density at radius 2 is 1.71 bits per heavy atom. The number of ketones is 1. The minimum atomic E-state index is -2.74.